The molecule has 0 spiro atoms. The Kier molecular flexibility index (Phi) is 19.3. The summed E-state index contributed by atoms with van der Waals surface area (Å²) in [5.41, 5.74) is 0. The third-order valence-corrected chi connectivity index (χ3v) is 5.81. The zero-order valence-corrected chi connectivity index (χ0v) is 19.1. The zero-order chi connectivity index (χ0) is 21.6. The largest absolute Gasteiger partial charge is 0.554 e. The number of carboxylic acid groups (broad SMARTS) is 1. The van der Waals surface area contributed by atoms with Gasteiger partial charge in [0.25, 0.3) is 0 Å². The summed E-state index contributed by atoms with van der Waals surface area (Å²) in [6, 6.07) is 0. The highest BCUT2D eigenvalue weighted by Gasteiger charge is 2.37. The number of amides is 1. The summed E-state index contributed by atoms with van der Waals surface area (Å²) in [6.07, 6.45) is 23.2. The number of hydrogen-bond acceptors (Lipinski definition) is 4. The van der Waals surface area contributed by atoms with E-state index in [1.54, 1.807) is 0 Å². The summed E-state index contributed by atoms with van der Waals surface area (Å²) in [5, 5.41) is 11.6. The molecule has 0 saturated carbocycles. The topological polar surface area (TPSA) is 69.2 Å². The van der Waals surface area contributed by atoms with E-state index in [1.807, 2.05) is 6.92 Å². The van der Waals surface area contributed by atoms with Gasteiger partial charge in [0.1, 0.15) is 13.2 Å². The van der Waals surface area contributed by atoms with Crippen molar-refractivity contribution in [2.45, 2.75) is 104 Å². The van der Waals surface area contributed by atoms with E-state index in [1.165, 1.54) is 83.5 Å². The van der Waals surface area contributed by atoms with Gasteiger partial charge in [0.05, 0.1) is 19.5 Å². The number of carbonyl (C=O) groups excluding carboxylic acids is 2. The Hall–Kier alpha value is -1.20. The normalized spacial score (nSPS) is 18.6. The Bertz CT molecular complexity index is 418. The van der Waals surface area contributed by atoms with Gasteiger partial charge in [-0.3, -0.25) is 5.32 Å². The fourth-order valence-electron chi connectivity index (χ4n) is 3.97. The van der Waals surface area contributed by atoms with E-state index in [0.29, 0.717) is 16.8 Å². The van der Waals surface area contributed by atoms with Gasteiger partial charge in [-0.1, -0.05) is 90.6 Å². The molecule has 29 heavy (non-hydrogen) atoms. The molecule has 170 valence electrons. The smallest absolute Gasteiger partial charge is 0.314 e. The van der Waals surface area contributed by atoms with Crippen LogP contribution in [0.4, 0.5) is 0 Å². The van der Waals surface area contributed by atoms with Crippen LogP contribution in [0.25, 0.3) is 0 Å². The van der Waals surface area contributed by atoms with Crippen molar-refractivity contribution in [2.75, 3.05) is 26.3 Å². The molecular weight excluding hydrogens is 364 g/mol. The molecule has 1 heterocycles. The third kappa shape index (κ3) is 14.4. The van der Waals surface area contributed by atoms with Gasteiger partial charge in [-0.05, 0) is 18.9 Å². The summed E-state index contributed by atoms with van der Waals surface area (Å²) < 4.78 is 0.617. The number of carbonyl (C=O) groups is 2. The minimum absolute atomic E-state index is 0.380. The quantitative estimate of drug-likeness (QED) is 0.178. The lowest BCUT2D eigenvalue weighted by Crippen LogP contribution is -2.51. The van der Waals surface area contributed by atoms with Gasteiger partial charge in [-0.2, -0.15) is 0 Å². The fraction of sp³-hybridized carbons (Fsp3) is 0.833. The van der Waals surface area contributed by atoms with E-state index >= 15 is 0 Å². The van der Waals surface area contributed by atoms with Crippen molar-refractivity contribution < 1.29 is 19.2 Å². The second kappa shape index (κ2) is 20.1. The van der Waals surface area contributed by atoms with Gasteiger partial charge >= 0.3 is 5.91 Å². The number of hydrogen-bond donors (Lipinski definition) is 1. The highest BCUT2D eigenvalue weighted by atomic mass is 16.3. The predicted molar refractivity (Wildman–Crippen MR) is 119 cm³/mol. The first-order chi connectivity index (χ1) is 14.2. The fourth-order valence-corrected chi connectivity index (χ4v) is 3.97. The molecule has 5 heteroatoms. The Morgan fingerprint density at radius 1 is 0.897 bits per heavy atom. The van der Waals surface area contributed by atoms with Crippen LogP contribution in [-0.4, -0.2) is 43.2 Å². The molecule has 1 atom stereocenters. The van der Waals surface area contributed by atoms with Gasteiger partial charge in [0.2, 0.25) is 0 Å². The van der Waals surface area contributed by atoms with Gasteiger partial charge < -0.3 is 9.90 Å². The Balaban J connectivity index is 0.00000245. The van der Waals surface area contributed by atoms with Gasteiger partial charge in [0.15, 0.2) is 0 Å². The second-order valence-electron chi connectivity index (χ2n) is 8.20. The van der Waals surface area contributed by atoms with Gasteiger partial charge in [-0.15, -0.1) is 0 Å². The van der Waals surface area contributed by atoms with E-state index in [2.05, 4.69) is 24.4 Å². The van der Waals surface area contributed by atoms with Crippen LogP contribution in [0.15, 0.2) is 12.2 Å². The maximum absolute atomic E-state index is 12.2. The Labute approximate surface area is 179 Å². The van der Waals surface area contributed by atoms with Crippen LogP contribution >= 0.6 is 0 Å². The monoisotopic (exact) mass is 410 g/mol. The van der Waals surface area contributed by atoms with Crippen LogP contribution in [0.2, 0.25) is 0 Å². The average molecular weight is 411 g/mol. The van der Waals surface area contributed by atoms with Crippen molar-refractivity contribution in [3.05, 3.63) is 12.2 Å². The molecule has 0 bridgehead atoms. The summed E-state index contributed by atoms with van der Waals surface area (Å²) in [4.78, 5) is 20.5. The summed E-state index contributed by atoms with van der Waals surface area (Å²) in [7, 11) is 0. The lowest BCUT2D eigenvalue weighted by molar-refractivity contribution is -0.836. The average Bonchev–Trinajstić information content (AvgIpc) is 3.21. The van der Waals surface area contributed by atoms with Crippen LogP contribution in [0.3, 0.4) is 0 Å². The molecule has 0 aromatic carbocycles. The lowest BCUT2D eigenvalue weighted by atomic mass is 10.0. The minimum Gasteiger partial charge on any atom is -0.554 e. The van der Waals surface area contributed by atoms with E-state index < -0.39 is 6.47 Å². The number of allylic oxidation sites excluding steroid dienone is 1. The van der Waals surface area contributed by atoms with Crippen molar-refractivity contribution in [3.63, 3.8) is 0 Å². The standard InChI is InChI=1S/C23H45N2O.CH2O2/c1-3-5-6-7-8-9-10-11-12-13-14-15-16-17-18-20-25(23(26)4-2)21-19-24-22-25;2-1-3/h17-18,24H,3-16,19-22H2,1-2H3;1H,(H,2,3)/q+1;/p-1. The van der Waals surface area contributed by atoms with Crippen molar-refractivity contribution in [1.29, 1.82) is 0 Å². The van der Waals surface area contributed by atoms with Crippen LogP contribution in [-0.2, 0) is 9.59 Å². The molecule has 5 nitrogen and oxygen atoms in total. The molecule has 1 unspecified atom stereocenters. The minimum atomic E-state index is -0.500. The zero-order valence-electron chi connectivity index (χ0n) is 19.1. The number of nitrogens with one attached hydrogen (secondary N) is 1. The van der Waals surface area contributed by atoms with Crippen molar-refractivity contribution in [1.82, 2.24) is 5.32 Å². The van der Waals surface area contributed by atoms with E-state index in [0.717, 1.165) is 26.3 Å². The maximum atomic E-state index is 12.2. The molecule has 1 aliphatic rings. The predicted octanol–water partition coefficient (Wildman–Crippen LogP) is 4.31. The molecule has 1 N–H and O–H groups in total. The van der Waals surface area contributed by atoms with Crippen molar-refractivity contribution >= 4 is 12.4 Å². The number of quaternary nitrogens is 1. The summed E-state index contributed by atoms with van der Waals surface area (Å²) >= 11 is 0. The first-order valence-corrected chi connectivity index (χ1v) is 12.0. The highest BCUT2D eigenvalue weighted by Crippen LogP contribution is 2.14. The Morgan fingerprint density at radius 2 is 1.41 bits per heavy atom. The Morgan fingerprint density at radius 3 is 1.86 bits per heavy atom. The van der Waals surface area contributed by atoms with Gasteiger partial charge in [-0.25, -0.2) is 9.28 Å². The van der Waals surface area contributed by atoms with Gasteiger partial charge in [0, 0.05) is 6.47 Å². The molecule has 0 aliphatic carbocycles. The first-order valence-electron chi connectivity index (χ1n) is 12.0. The van der Waals surface area contributed by atoms with E-state index in [4.69, 9.17) is 9.90 Å². The van der Waals surface area contributed by atoms with Crippen molar-refractivity contribution in [3.8, 4) is 0 Å². The third-order valence-electron chi connectivity index (χ3n) is 5.81. The van der Waals surface area contributed by atoms with Crippen LogP contribution in [0, 0.1) is 0 Å². The molecule has 1 rings (SSSR count). The molecule has 1 amide bonds. The molecular formula is C24H46N2O3. The summed E-state index contributed by atoms with van der Waals surface area (Å²) in [6.45, 7) is 7.38. The van der Waals surface area contributed by atoms with Crippen LogP contribution in [0.1, 0.15) is 104 Å². The molecule has 1 aliphatic heterocycles. The lowest BCUT2D eigenvalue weighted by Gasteiger charge is -2.28. The van der Waals surface area contributed by atoms with E-state index in [9.17, 15) is 4.79 Å². The highest BCUT2D eigenvalue weighted by molar-refractivity contribution is 5.68. The SMILES string of the molecule is CCCCCCCCCCCCCCC=CC[N+]1(C(=O)CC)CCNC1.O=C[O-]. The second-order valence-corrected chi connectivity index (χ2v) is 8.20. The molecule has 1 fully saturated rings. The van der Waals surface area contributed by atoms with Crippen molar-refractivity contribution in [2.24, 2.45) is 0 Å². The number of rotatable bonds is 16. The number of nitrogens with zero attached hydrogens (tertiary/aromatic N) is 1. The molecule has 1 saturated heterocycles. The van der Waals surface area contributed by atoms with Crippen LogP contribution in [0.5, 0.6) is 0 Å². The molecule has 0 aromatic heterocycles. The first kappa shape index (κ1) is 27.8. The summed E-state index contributed by atoms with van der Waals surface area (Å²) in [5.74, 6) is 0.380. The molecule has 0 radical (unpaired) electrons. The van der Waals surface area contributed by atoms with Crippen LogP contribution < -0.4 is 10.4 Å². The number of unbranched alkanes of at least 4 members (excludes halogenated alkanes) is 12. The maximum Gasteiger partial charge on any atom is 0.314 e. The molecule has 0 aromatic rings. The van der Waals surface area contributed by atoms with E-state index in [-0.39, 0.29) is 0 Å².